The van der Waals surface area contributed by atoms with Crippen LogP contribution >= 0.6 is 23.4 Å². The van der Waals surface area contributed by atoms with Crippen molar-refractivity contribution < 1.29 is 8.81 Å². The van der Waals surface area contributed by atoms with Crippen molar-refractivity contribution in [2.45, 2.75) is 10.2 Å². The highest BCUT2D eigenvalue weighted by Gasteiger charge is 2.15. The van der Waals surface area contributed by atoms with E-state index in [1.807, 2.05) is 12.1 Å². The fraction of sp³-hybridized carbons (Fsp3) is 0. The second-order valence-corrected chi connectivity index (χ2v) is 6.14. The quantitative estimate of drug-likeness (QED) is 0.498. The van der Waals surface area contributed by atoms with Crippen LogP contribution in [0.25, 0.3) is 22.4 Å². The van der Waals surface area contributed by atoms with Crippen LogP contribution in [0.5, 0.6) is 0 Å². The van der Waals surface area contributed by atoms with E-state index in [2.05, 4.69) is 20.2 Å². The average Bonchev–Trinajstić information content (AvgIpc) is 3.04. The summed E-state index contributed by atoms with van der Waals surface area (Å²) in [4.78, 5) is 8.29. The highest BCUT2D eigenvalue weighted by Crippen LogP contribution is 2.33. The van der Waals surface area contributed by atoms with E-state index in [1.165, 1.54) is 18.5 Å². The van der Waals surface area contributed by atoms with Gasteiger partial charge in [0.25, 0.3) is 5.22 Å². The molecular weight excluding hydrogens is 351 g/mol. The maximum atomic E-state index is 13.5. The number of fused-ring (bicyclic) bond motifs is 1. The summed E-state index contributed by atoms with van der Waals surface area (Å²) < 4.78 is 19.1. The molecule has 0 fully saturated rings. The molecular formula is C16H8ClFN4OS. The molecule has 4 aromatic rings. The number of nitrogens with zero attached hydrogens (tertiary/aromatic N) is 4. The number of rotatable bonds is 3. The molecule has 118 valence electrons. The lowest BCUT2D eigenvalue weighted by Crippen LogP contribution is -1.88. The summed E-state index contributed by atoms with van der Waals surface area (Å²) in [6, 6.07) is 11.5. The maximum Gasteiger partial charge on any atom is 0.283 e. The van der Waals surface area contributed by atoms with Crippen molar-refractivity contribution in [3.8, 4) is 11.5 Å². The van der Waals surface area contributed by atoms with Gasteiger partial charge in [-0.15, -0.1) is 10.2 Å². The second-order valence-electron chi connectivity index (χ2n) is 4.80. The molecule has 0 aliphatic heterocycles. The third-order valence-electron chi connectivity index (χ3n) is 3.26. The lowest BCUT2D eigenvalue weighted by molar-refractivity contribution is 0.465. The van der Waals surface area contributed by atoms with Gasteiger partial charge < -0.3 is 4.42 Å². The molecule has 2 heterocycles. The molecule has 0 saturated carbocycles. The fourth-order valence-corrected chi connectivity index (χ4v) is 3.12. The van der Waals surface area contributed by atoms with E-state index in [9.17, 15) is 4.39 Å². The standard InChI is InChI=1S/C16H8ClFN4OS/c17-12-4-2-1-3-10(12)14-21-22-16(23-14)24-15-11-7-9(18)5-6-13(11)19-8-20-15/h1-8H. The van der Waals surface area contributed by atoms with Crippen molar-refractivity contribution in [2.75, 3.05) is 0 Å². The minimum atomic E-state index is -0.360. The van der Waals surface area contributed by atoms with Crippen LogP contribution in [0, 0.1) is 5.82 Å². The molecule has 0 unspecified atom stereocenters. The Labute approximate surface area is 144 Å². The Hall–Kier alpha value is -2.51. The second kappa shape index (κ2) is 6.18. The number of benzene rings is 2. The van der Waals surface area contributed by atoms with Crippen molar-refractivity contribution in [1.29, 1.82) is 0 Å². The highest BCUT2D eigenvalue weighted by molar-refractivity contribution is 7.99. The van der Waals surface area contributed by atoms with E-state index in [0.29, 0.717) is 32.4 Å². The molecule has 24 heavy (non-hydrogen) atoms. The van der Waals surface area contributed by atoms with Gasteiger partial charge in [-0.3, -0.25) is 0 Å². The van der Waals surface area contributed by atoms with E-state index in [0.717, 1.165) is 11.8 Å². The van der Waals surface area contributed by atoms with Gasteiger partial charge in [0.1, 0.15) is 17.2 Å². The molecule has 0 amide bonds. The van der Waals surface area contributed by atoms with Crippen molar-refractivity contribution in [3.05, 3.63) is 59.6 Å². The highest BCUT2D eigenvalue weighted by atomic mass is 35.5. The van der Waals surface area contributed by atoms with Crippen LogP contribution in [-0.2, 0) is 0 Å². The van der Waals surface area contributed by atoms with Crippen molar-refractivity contribution in [2.24, 2.45) is 0 Å². The first-order valence-corrected chi connectivity index (χ1v) is 8.07. The van der Waals surface area contributed by atoms with Crippen LogP contribution < -0.4 is 0 Å². The number of aromatic nitrogens is 4. The Balaban J connectivity index is 1.70. The van der Waals surface area contributed by atoms with Gasteiger partial charge in [-0.05, 0) is 42.1 Å². The Kier molecular flexibility index (Phi) is 3.87. The zero-order valence-corrected chi connectivity index (χ0v) is 13.6. The van der Waals surface area contributed by atoms with Crippen LogP contribution in [0.3, 0.4) is 0 Å². The van der Waals surface area contributed by atoms with Crippen LogP contribution in [0.15, 0.2) is 63.5 Å². The number of halogens is 2. The molecule has 0 N–H and O–H groups in total. The first kappa shape index (κ1) is 15.0. The monoisotopic (exact) mass is 358 g/mol. The number of hydrogen-bond acceptors (Lipinski definition) is 6. The molecule has 0 atom stereocenters. The summed E-state index contributed by atoms with van der Waals surface area (Å²) in [6.45, 7) is 0. The maximum absolute atomic E-state index is 13.5. The van der Waals surface area contributed by atoms with Crippen LogP contribution in [-0.4, -0.2) is 20.2 Å². The number of hydrogen-bond donors (Lipinski definition) is 0. The smallest absolute Gasteiger partial charge is 0.283 e. The summed E-state index contributed by atoms with van der Waals surface area (Å²) >= 11 is 7.27. The lowest BCUT2D eigenvalue weighted by atomic mass is 10.2. The fourth-order valence-electron chi connectivity index (χ4n) is 2.16. The van der Waals surface area contributed by atoms with E-state index >= 15 is 0 Å². The first-order chi connectivity index (χ1) is 11.7. The van der Waals surface area contributed by atoms with Crippen LogP contribution in [0.1, 0.15) is 0 Å². The minimum absolute atomic E-state index is 0.286. The lowest BCUT2D eigenvalue weighted by Gasteiger charge is -2.02. The van der Waals surface area contributed by atoms with E-state index in [1.54, 1.807) is 18.2 Å². The van der Waals surface area contributed by atoms with Crippen LogP contribution in [0.2, 0.25) is 5.02 Å². The first-order valence-electron chi connectivity index (χ1n) is 6.87. The van der Waals surface area contributed by atoms with Gasteiger partial charge in [-0.25, -0.2) is 14.4 Å². The largest absolute Gasteiger partial charge is 0.411 e. The minimum Gasteiger partial charge on any atom is -0.411 e. The Morgan fingerprint density at radius 1 is 1.04 bits per heavy atom. The zero-order valence-electron chi connectivity index (χ0n) is 12.0. The summed E-state index contributed by atoms with van der Waals surface area (Å²) in [5.41, 5.74) is 1.29. The Bertz CT molecular complexity index is 1040. The topological polar surface area (TPSA) is 64.7 Å². The predicted molar refractivity (Wildman–Crippen MR) is 88.4 cm³/mol. The third kappa shape index (κ3) is 2.83. The van der Waals surface area contributed by atoms with Gasteiger partial charge in [0.15, 0.2) is 0 Å². The molecule has 8 heteroatoms. The predicted octanol–water partition coefficient (Wildman–Crippen LogP) is 4.62. The third-order valence-corrected chi connectivity index (χ3v) is 4.44. The molecule has 2 aromatic heterocycles. The van der Waals surface area contributed by atoms with Crippen molar-refractivity contribution in [3.63, 3.8) is 0 Å². The summed E-state index contributed by atoms with van der Waals surface area (Å²) in [7, 11) is 0. The molecule has 0 saturated heterocycles. The molecule has 0 radical (unpaired) electrons. The molecule has 0 bridgehead atoms. The van der Waals surface area contributed by atoms with Gasteiger partial charge in [0, 0.05) is 5.39 Å². The molecule has 0 spiro atoms. The van der Waals surface area contributed by atoms with Gasteiger partial charge in [0.05, 0.1) is 16.1 Å². The summed E-state index contributed by atoms with van der Waals surface area (Å²) in [5.74, 6) is -0.0472. The van der Waals surface area contributed by atoms with Gasteiger partial charge in [0.2, 0.25) is 5.89 Å². The van der Waals surface area contributed by atoms with E-state index < -0.39 is 0 Å². The Morgan fingerprint density at radius 2 is 1.92 bits per heavy atom. The van der Waals surface area contributed by atoms with Crippen molar-refractivity contribution in [1.82, 2.24) is 20.2 Å². The van der Waals surface area contributed by atoms with E-state index in [-0.39, 0.29) is 11.0 Å². The SMILES string of the molecule is Fc1ccc2ncnc(Sc3nnc(-c4ccccc4Cl)o3)c2c1. The normalized spacial score (nSPS) is 11.1. The zero-order chi connectivity index (χ0) is 16.5. The molecule has 5 nitrogen and oxygen atoms in total. The van der Waals surface area contributed by atoms with Gasteiger partial charge in [-0.1, -0.05) is 23.7 Å². The van der Waals surface area contributed by atoms with Gasteiger partial charge >= 0.3 is 0 Å². The van der Waals surface area contributed by atoms with Crippen LogP contribution in [0.4, 0.5) is 4.39 Å². The molecule has 4 rings (SSSR count). The van der Waals surface area contributed by atoms with Crippen molar-refractivity contribution >= 4 is 34.3 Å². The molecule has 0 aliphatic rings. The molecule has 0 aliphatic carbocycles. The Morgan fingerprint density at radius 3 is 2.79 bits per heavy atom. The summed E-state index contributed by atoms with van der Waals surface area (Å²) in [5, 5.41) is 9.92. The summed E-state index contributed by atoms with van der Waals surface area (Å²) in [6.07, 6.45) is 1.41. The average molecular weight is 359 g/mol. The molecule has 2 aromatic carbocycles. The van der Waals surface area contributed by atoms with E-state index in [4.69, 9.17) is 16.0 Å². The van der Waals surface area contributed by atoms with Gasteiger partial charge in [-0.2, -0.15) is 0 Å².